The number of aromatic amines is 1. The first-order valence-electron chi connectivity index (χ1n) is 9.53. The van der Waals surface area contributed by atoms with Crippen LogP contribution in [0.5, 0.6) is 11.6 Å². The van der Waals surface area contributed by atoms with Crippen LogP contribution in [0.15, 0.2) is 54.9 Å². The summed E-state index contributed by atoms with van der Waals surface area (Å²) in [6, 6.07) is 13.6. The second-order valence-electron chi connectivity index (χ2n) is 6.95. The topological polar surface area (TPSA) is 97.0 Å². The van der Waals surface area contributed by atoms with Gasteiger partial charge in [-0.2, -0.15) is 0 Å². The Bertz CT molecular complexity index is 1140. The number of hydrogen-bond donors (Lipinski definition) is 3. The molecule has 0 unspecified atom stereocenters. The largest absolute Gasteiger partial charge is 0.437 e. The lowest BCUT2D eigenvalue weighted by Crippen LogP contribution is -2.40. The molecule has 152 valence electrons. The molecule has 0 saturated carbocycles. The minimum absolute atomic E-state index is 0.386. The van der Waals surface area contributed by atoms with Gasteiger partial charge in [0.05, 0.1) is 53.7 Å². The molecule has 5 rings (SSSR count). The average molecular weight is 423 g/mol. The number of rotatable bonds is 7. The predicted molar refractivity (Wildman–Crippen MR) is 115 cm³/mol. The Balaban J connectivity index is 1.20. The van der Waals surface area contributed by atoms with E-state index in [4.69, 9.17) is 21.1 Å². The summed E-state index contributed by atoms with van der Waals surface area (Å²) in [5.41, 5.74) is 3.78. The van der Waals surface area contributed by atoms with E-state index in [1.165, 1.54) is 6.20 Å². The van der Waals surface area contributed by atoms with Gasteiger partial charge < -0.3 is 25.1 Å². The van der Waals surface area contributed by atoms with Gasteiger partial charge in [-0.25, -0.2) is 9.97 Å². The molecule has 1 fully saturated rings. The van der Waals surface area contributed by atoms with Crippen molar-refractivity contribution < 1.29 is 9.47 Å². The number of nitrogens with one attached hydrogen (secondary N) is 3. The summed E-state index contributed by atoms with van der Waals surface area (Å²) in [5, 5.41) is 7.27. The second kappa shape index (κ2) is 8.17. The van der Waals surface area contributed by atoms with E-state index in [0.717, 1.165) is 35.6 Å². The molecule has 3 aromatic heterocycles. The number of fused-ring (bicyclic) bond motifs is 1. The van der Waals surface area contributed by atoms with Crippen LogP contribution in [0.4, 0.5) is 11.6 Å². The molecule has 0 spiro atoms. The maximum absolute atomic E-state index is 5.83. The van der Waals surface area contributed by atoms with E-state index in [1.54, 1.807) is 18.3 Å². The minimum atomic E-state index is 0.386. The monoisotopic (exact) mass is 422 g/mol. The quantitative estimate of drug-likeness (QED) is 0.410. The van der Waals surface area contributed by atoms with Crippen molar-refractivity contribution in [2.24, 2.45) is 0 Å². The Morgan fingerprint density at radius 3 is 2.77 bits per heavy atom. The van der Waals surface area contributed by atoms with Gasteiger partial charge in [-0.1, -0.05) is 11.6 Å². The number of H-pyrrole nitrogens is 1. The van der Waals surface area contributed by atoms with Crippen molar-refractivity contribution >= 4 is 34.3 Å². The maximum atomic E-state index is 5.83. The third-order valence-corrected chi connectivity index (χ3v) is 4.87. The molecular weight excluding hydrogens is 404 g/mol. The summed E-state index contributed by atoms with van der Waals surface area (Å²) >= 11 is 5.83. The first kappa shape index (κ1) is 18.7. The van der Waals surface area contributed by atoms with Gasteiger partial charge in [0.25, 0.3) is 0 Å². The molecule has 1 aliphatic heterocycles. The number of pyridine rings is 2. The van der Waals surface area contributed by atoms with E-state index in [-0.39, 0.29) is 0 Å². The molecule has 4 aromatic rings. The van der Waals surface area contributed by atoms with Crippen LogP contribution in [-0.2, 0) is 11.3 Å². The number of benzene rings is 1. The molecule has 0 radical (unpaired) electrons. The van der Waals surface area contributed by atoms with Crippen molar-refractivity contribution in [3.63, 3.8) is 0 Å². The van der Waals surface area contributed by atoms with Crippen LogP contribution in [0.2, 0.25) is 5.02 Å². The number of halogens is 1. The fraction of sp³-hybridized carbons (Fsp3) is 0.190. The van der Waals surface area contributed by atoms with Gasteiger partial charge in [-0.05, 0) is 36.4 Å². The third-order valence-electron chi connectivity index (χ3n) is 4.65. The van der Waals surface area contributed by atoms with Gasteiger partial charge in [0.1, 0.15) is 5.75 Å². The van der Waals surface area contributed by atoms with E-state index >= 15 is 0 Å². The van der Waals surface area contributed by atoms with Gasteiger partial charge in [0.15, 0.2) is 0 Å². The molecule has 0 amide bonds. The van der Waals surface area contributed by atoms with Gasteiger partial charge >= 0.3 is 0 Å². The minimum Gasteiger partial charge on any atom is -0.437 e. The van der Waals surface area contributed by atoms with Crippen molar-refractivity contribution in [2.75, 3.05) is 23.8 Å². The van der Waals surface area contributed by atoms with Crippen LogP contribution >= 0.6 is 11.6 Å². The molecule has 8 nitrogen and oxygen atoms in total. The standard InChI is InChI=1S/C21H19ClN6O2/c22-13-1-6-20(24-8-13)30-17-4-2-15(23-10-17)9-25-21-27-18-5-3-14(7-19(18)28-21)26-16-11-29-12-16/h1-8,10,16,26H,9,11-12H2,(H2,25,27,28). The smallest absolute Gasteiger partial charge is 0.219 e. The van der Waals surface area contributed by atoms with E-state index in [9.17, 15) is 0 Å². The molecule has 30 heavy (non-hydrogen) atoms. The van der Waals surface area contributed by atoms with E-state index in [1.807, 2.05) is 24.3 Å². The fourth-order valence-corrected chi connectivity index (χ4v) is 3.14. The zero-order valence-corrected chi connectivity index (χ0v) is 16.7. The Kier molecular flexibility index (Phi) is 5.08. The maximum Gasteiger partial charge on any atom is 0.219 e. The van der Waals surface area contributed by atoms with Crippen molar-refractivity contribution in [3.8, 4) is 11.6 Å². The molecule has 4 heterocycles. The summed E-state index contributed by atoms with van der Waals surface area (Å²) in [4.78, 5) is 16.4. The van der Waals surface area contributed by atoms with Crippen LogP contribution in [0, 0.1) is 0 Å². The summed E-state index contributed by atoms with van der Waals surface area (Å²) in [6.07, 6.45) is 3.20. The first-order chi connectivity index (χ1) is 14.7. The highest BCUT2D eigenvalue weighted by Crippen LogP contribution is 2.22. The second-order valence-corrected chi connectivity index (χ2v) is 7.39. The van der Waals surface area contributed by atoms with Crippen molar-refractivity contribution in [1.82, 2.24) is 19.9 Å². The lowest BCUT2D eigenvalue weighted by atomic mass is 10.2. The normalized spacial score (nSPS) is 13.8. The Morgan fingerprint density at radius 2 is 2.03 bits per heavy atom. The van der Waals surface area contributed by atoms with Gasteiger partial charge in [0, 0.05) is 18.0 Å². The summed E-state index contributed by atoms with van der Waals surface area (Å²) in [5.74, 6) is 1.77. The van der Waals surface area contributed by atoms with Crippen molar-refractivity contribution in [1.29, 1.82) is 0 Å². The molecule has 0 atom stereocenters. The highest BCUT2D eigenvalue weighted by molar-refractivity contribution is 6.30. The SMILES string of the molecule is Clc1ccc(Oc2ccc(CNc3nc4ccc(NC5COC5)cc4[nH]3)nc2)nc1. The van der Waals surface area contributed by atoms with E-state index in [0.29, 0.717) is 35.2 Å². The summed E-state index contributed by atoms with van der Waals surface area (Å²) < 4.78 is 10.9. The molecule has 0 bridgehead atoms. The van der Waals surface area contributed by atoms with E-state index < -0.39 is 0 Å². The van der Waals surface area contributed by atoms with Crippen molar-refractivity contribution in [2.45, 2.75) is 12.6 Å². The Labute approximate surface area is 177 Å². The highest BCUT2D eigenvalue weighted by atomic mass is 35.5. The first-order valence-corrected chi connectivity index (χ1v) is 9.91. The third kappa shape index (κ3) is 4.29. The fourth-order valence-electron chi connectivity index (χ4n) is 3.03. The Hall–Kier alpha value is -3.36. The van der Waals surface area contributed by atoms with Crippen LogP contribution in [-0.4, -0.2) is 39.2 Å². The molecule has 1 aromatic carbocycles. The average Bonchev–Trinajstić information content (AvgIpc) is 3.14. The van der Waals surface area contributed by atoms with Crippen LogP contribution in [0.3, 0.4) is 0 Å². The van der Waals surface area contributed by atoms with Crippen LogP contribution < -0.4 is 15.4 Å². The van der Waals surface area contributed by atoms with Gasteiger partial charge in [-0.15, -0.1) is 0 Å². The zero-order valence-electron chi connectivity index (χ0n) is 15.9. The van der Waals surface area contributed by atoms with Crippen LogP contribution in [0.25, 0.3) is 11.0 Å². The molecule has 9 heteroatoms. The lowest BCUT2D eigenvalue weighted by Gasteiger charge is -2.27. The van der Waals surface area contributed by atoms with Crippen molar-refractivity contribution in [3.05, 3.63) is 65.6 Å². The Morgan fingerprint density at radius 1 is 1.10 bits per heavy atom. The number of hydrogen-bond acceptors (Lipinski definition) is 7. The number of imidazole rings is 1. The van der Waals surface area contributed by atoms with Crippen LogP contribution in [0.1, 0.15) is 5.69 Å². The summed E-state index contributed by atoms with van der Waals surface area (Å²) in [6.45, 7) is 2.03. The number of nitrogens with zero attached hydrogens (tertiary/aromatic N) is 3. The number of anilines is 2. The predicted octanol–water partition coefficient (Wildman–Crippen LogP) is 4.22. The molecule has 1 aliphatic rings. The molecule has 3 N–H and O–H groups in total. The van der Waals surface area contributed by atoms with Gasteiger partial charge in [-0.3, -0.25) is 4.98 Å². The number of ether oxygens (including phenoxy) is 2. The van der Waals surface area contributed by atoms with E-state index in [2.05, 4.69) is 36.6 Å². The molecular formula is C21H19ClN6O2. The molecule has 0 aliphatic carbocycles. The highest BCUT2D eigenvalue weighted by Gasteiger charge is 2.17. The summed E-state index contributed by atoms with van der Waals surface area (Å²) in [7, 11) is 0. The molecule has 1 saturated heterocycles. The lowest BCUT2D eigenvalue weighted by molar-refractivity contribution is 0.0211. The number of aromatic nitrogens is 4. The van der Waals surface area contributed by atoms with Gasteiger partial charge in [0.2, 0.25) is 11.8 Å². The zero-order chi connectivity index (χ0) is 20.3.